The van der Waals surface area contributed by atoms with Crippen LogP contribution in [0.2, 0.25) is 0 Å². The maximum atomic E-state index is 13.4. The van der Waals surface area contributed by atoms with Crippen LogP contribution in [0.25, 0.3) is 0 Å². The van der Waals surface area contributed by atoms with E-state index in [0.717, 1.165) is 0 Å². The lowest BCUT2D eigenvalue weighted by Gasteiger charge is -2.02. The van der Waals surface area contributed by atoms with Gasteiger partial charge in [-0.05, 0) is 6.07 Å². The highest BCUT2D eigenvalue weighted by Crippen LogP contribution is 2.12. The largest absolute Gasteiger partial charge is 0.382 e. The van der Waals surface area contributed by atoms with Gasteiger partial charge in [0.25, 0.3) is 5.91 Å². The number of primary amides is 1. The fourth-order valence-corrected chi connectivity index (χ4v) is 1.51. The first-order valence-electron chi connectivity index (χ1n) is 4.94. The van der Waals surface area contributed by atoms with Crippen molar-refractivity contribution < 1.29 is 9.18 Å². The summed E-state index contributed by atoms with van der Waals surface area (Å²) in [6.45, 7) is 0.199. The lowest BCUT2D eigenvalue weighted by Crippen LogP contribution is -2.11. The highest BCUT2D eigenvalue weighted by Gasteiger charge is 2.11. The fraction of sp³-hybridized carbons (Fsp3) is 0.0909. The summed E-state index contributed by atoms with van der Waals surface area (Å²) in [5, 5.41) is 3.90. The van der Waals surface area contributed by atoms with Crippen molar-refractivity contribution in [1.29, 1.82) is 0 Å². The van der Waals surface area contributed by atoms with Gasteiger partial charge in [-0.1, -0.05) is 18.2 Å². The molecule has 0 atom stereocenters. The zero-order valence-electron chi connectivity index (χ0n) is 8.93. The SMILES string of the molecule is NC(=O)c1cn(Cc2ccccc2F)nc1N. The van der Waals surface area contributed by atoms with Gasteiger partial charge in [0.2, 0.25) is 0 Å². The van der Waals surface area contributed by atoms with Gasteiger partial charge in [0, 0.05) is 11.8 Å². The third-order valence-electron chi connectivity index (χ3n) is 2.35. The molecule has 4 N–H and O–H groups in total. The van der Waals surface area contributed by atoms with Crippen LogP contribution < -0.4 is 11.5 Å². The molecule has 5 nitrogen and oxygen atoms in total. The van der Waals surface area contributed by atoms with Gasteiger partial charge >= 0.3 is 0 Å². The summed E-state index contributed by atoms with van der Waals surface area (Å²) in [7, 11) is 0. The number of carbonyl (C=O) groups is 1. The van der Waals surface area contributed by atoms with E-state index in [1.807, 2.05) is 0 Å². The molecule has 1 aromatic carbocycles. The van der Waals surface area contributed by atoms with Crippen molar-refractivity contribution in [3.8, 4) is 0 Å². The maximum absolute atomic E-state index is 13.4. The standard InChI is InChI=1S/C11H11FN4O/c12-9-4-2-1-3-7(9)5-16-6-8(11(14)17)10(13)15-16/h1-4,6H,5H2,(H2,13,15)(H2,14,17). The summed E-state index contributed by atoms with van der Waals surface area (Å²) in [5.74, 6) is -0.932. The number of nitrogen functional groups attached to an aromatic ring is 1. The second-order valence-electron chi connectivity index (χ2n) is 3.58. The van der Waals surface area contributed by atoms with Crippen molar-refractivity contribution in [1.82, 2.24) is 9.78 Å². The molecular weight excluding hydrogens is 223 g/mol. The Morgan fingerprint density at radius 1 is 1.41 bits per heavy atom. The lowest BCUT2D eigenvalue weighted by molar-refractivity contribution is 0.100. The van der Waals surface area contributed by atoms with Crippen LogP contribution >= 0.6 is 0 Å². The zero-order chi connectivity index (χ0) is 12.4. The second kappa shape index (κ2) is 4.25. The molecule has 2 aromatic rings. The highest BCUT2D eigenvalue weighted by molar-refractivity contribution is 5.96. The summed E-state index contributed by atoms with van der Waals surface area (Å²) < 4.78 is 14.8. The number of aromatic nitrogens is 2. The lowest BCUT2D eigenvalue weighted by atomic mass is 10.2. The molecule has 1 aromatic heterocycles. The van der Waals surface area contributed by atoms with Crippen LogP contribution in [0.4, 0.5) is 10.2 Å². The predicted molar refractivity (Wildman–Crippen MR) is 60.7 cm³/mol. The Bertz CT molecular complexity index is 564. The normalized spacial score (nSPS) is 10.4. The molecule has 88 valence electrons. The Balaban J connectivity index is 2.28. The first kappa shape index (κ1) is 11.1. The maximum Gasteiger partial charge on any atom is 0.254 e. The molecule has 0 saturated heterocycles. The second-order valence-corrected chi connectivity index (χ2v) is 3.58. The third-order valence-corrected chi connectivity index (χ3v) is 2.35. The number of halogens is 1. The summed E-state index contributed by atoms with van der Waals surface area (Å²) in [4.78, 5) is 11.0. The van der Waals surface area contributed by atoms with Crippen molar-refractivity contribution in [3.05, 3.63) is 47.4 Å². The van der Waals surface area contributed by atoms with Crippen LogP contribution in [-0.4, -0.2) is 15.7 Å². The van der Waals surface area contributed by atoms with E-state index in [-0.39, 0.29) is 23.7 Å². The minimum atomic E-state index is -0.651. The monoisotopic (exact) mass is 234 g/mol. The van der Waals surface area contributed by atoms with Crippen LogP contribution in [0.3, 0.4) is 0 Å². The van der Waals surface area contributed by atoms with Gasteiger partial charge in [-0.15, -0.1) is 0 Å². The molecule has 0 spiro atoms. The molecule has 2 rings (SSSR count). The summed E-state index contributed by atoms with van der Waals surface area (Å²) >= 11 is 0. The Morgan fingerprint density at radius 3 is 2.71 bits per heavy atom. The minimum Gasteiger partial charge on any atom is -0.382 e. The van der Waals surface area contributed by atoms with E-state index in [9.17, 15) is 9.18 Å². The molecule has 0 fully saturated rings. The average molecular weight is 234 g/mol. The molecule has 17 heavy (non-hydrogen) atoms. The fourth-order valence-electron chi connectivity index (χ4n) is 1.51. The Labute approximate surface area is 96.8 Å². The summed E-state index contributed by atoms with van der Waals surface area (Å²) in [5.41, 5.74) is 11.2. The number of nitrogens with zero attached hydrogens (tertiary/aromatic N) is 2. The van der Waals surface area contributed by atoms with E-state index in [1.165, 1.54) is 16.9 Å². The summed E-state index contributed by atoms with van der Waals surface area (Å²) in [6, 6.07) is 6.32. The summed E-state index contributed by atoms with van der Waals surface area (Å²) in [6.07, 6.45) is 1.41. The molecule has 0 aliphatic heterocycles. The van der Waals surface area contributed by atoms with Crippen molar-refractivity contribution >= 4 is 11.7 Å². The molecule has 0 unspecified atom stereocenters. The zero-order valence-corrected chi connectivity index (χ0v) is 8.93. The molecule has 1 heterocycles. The molecule has 0 radical (unpaired) electrons. The molecule has 0 bridgehead atoms. The number of carbonyl (C=O) groups excluding carboxylic acids is 1. The molecule has 6 heteroatoms. The molecule has 0 saturated carbocycles. The number of anilines is 1. The van der Waals surface area contributed by atoms with Crippen molar-refractivity contribution in [2.24, 2.45) is 5.73 Å². The smallest absolute Gasteiger partial charge is 0.254 e. The van der Waals surface area contributed by atoms with E-state index in [4.69, 9.17) is 11.5 Å². The number of rotatable bonds is 3. The van der Waals surface area contributed by atoms with Crippen LogP contribution in [0, 0.1) is 5.82 Å². The van der Waals surface area contributed by atoms with Crippen molar-refractivity contribution in [2.45, 2.75) is 6.54 Å². The predicted octanol–water partition coefficient (Wildman–Crippen LogP) is 0.752. The molecule has 0 aliphatic rings. The van der Waals surface area contributed by atoms with Crippen LogP contribution in [-0.2, 0) is 6.54 Å². The Kier molecular flexibility index (Phi) is 2.78. The van der Waals surface area contributed by atoms with Crippen molar-refractivity contribution in [3.63, 3.8) is 0 Å². The number of hydrogen-bond donors (Lipinski definition) is 2. The van der Waals surface area contributed by atoms with Crippen LogP contribution in [0.5, 0.6) is 0 Å². The molecule has 1 amide bonds. The van der Waals surface area contributed by atoms with Crippen LogP contribution in [0.15, 0.2) is 30.5 Å². The number of amides is 1. The Hall–Kier alpha value is -2.37. The van der Waals surface area contributed by atoms with Gasteiger partial charge in [-0.3, -0.25) is 9.48 Å². The molecular formula is C11H11FN4O. The number of hydrogen-bond acceptors (Lipinski definition) is 3. The van der Waals surface area contributed by atoms with E-state index in [1.54, 1.807) is 18.2 Å². The van der Waals surface area contributed by atoms with Gasteiger partial charge in [0.05, 0.1) is 6.54 Å². The van der Waals surface area contributed by atoms with Gasteiger partial charge in [0.15, 0.2) is 5.82 Å². The van der Waals surface area contributed by atoms with E-state index in [0.29, 0.717) is 5.56 Å². The van der Waals surface area contributed by atoms with E-state index in [2.05, 4.69) is 5.10 Å². The third kappa shape index (κ3) is 2.25. The van der Waals surface area contributed by atoms with Gasteiger partial charge in [0.1, 0.15) is 11.4 Å². The topological polar surface area (TPSA) is 86.9 Å². The van der Waals surface area contributed by atoms with E-state index < -0.39 is 5.91 Å². The highest BCUT2D eigenvalue weighted by atomic mass is 19.1. The minimum absolute atomic E-state index is 0.0499. The van der Waals surface area contributed by atoms with Gasteiger partial charge in [-0.25, -0.2) is 4.39 Å². The van der Waals surface area contributed by atoms with Crippen LogP contribution in [0.1, 0.15) is 15.9 Å². The van der Waals surface area contributed by atoms with Gasteiger partial charge in [-0.2, -0.15) is 5.10 Å². The molecule has 0 aliphatic carbocycles. The quantitative estimate of drug-likeness (QED) is 0.821. The Morgan fingerprint density at radius 2 is 2.12 bits per heavy atom. The first-order valence-corrected chi connectivity index (χ1v) is 4.94. The average Bonchev–Trinajstić information content (AvgIpc) is 2.63. The first-order chi connectivity index (χ1) is 8.08. The number of benzene rings is 1. The van der Waals surface area contributed by atoms with E-state index >= 15 is 0 Å². The van der Waals surface area contributed by atoms with Crippen molar-refractivity contribution in [2.75, 3.05) is 5.73 Å². The van der Waals surface area contributed by atoms with Gasteiger partial charge < -0.3 is 11.5 Å². The number of nitrogens with two attached hydrogens (primary N) is 2.